The van der Waals surface area contributed by atoms with Gasteiger partial charge in [-0.2, -0.15) is 0 Å². The lowest BCUT2D eigenvalue weighted by atomic mass is 9.98. The minimum Gasteiger partial charge on any atom is -0.481 e. The third-order valence-electron chi connectivity index (χ3n) is 2.90. The van der Waals surface area contributed by atoms with Crippen LogP contribution in [0.1, 0.15) is 25.8 Å². The fourth-order valence-electron chi connectivity index (χ4n) is 1.77. The molecule has 4 heteroatoms. The Kier molecular flexibility index (Phi) is 5.45. The molecule has 2 N–H and O–H groups in total. The molecule has 0 amide bonds. The Bertz CT molecular complexity index is 364. The molecule has 17 heavy (non-hydrogen) atoms. The summed E-state index contributed by atoms with van der Waals surface area (Å²) in [5, 5.41) is 13.0. The molecule has 0 spiro atoms. The summed E-state index contributed by atoms with van der Waals surface area (Å²) in [6, 6.07) is 7.48. The van der Waals surface area contributed by atoms with Gasteiger partial charge in [-0.15, -0.1) is 0 Å². The molecule has 0 bridgehead atoms. The molecule has 0 aliphatic rings. The fourth-order valence-corrected chi connectivity index (χ4v) is 1.89. The zero-order chi connectivity index (χ0) is 12.8. The second-order valence-corrected chi connectivity index (χ2v) is 4.59. The highest BCUT2D eigenvalue weighted by atomic mass is 35.5. The molecule has 94 valence electrons. The van der Waals surface area contributed by atoms with Crippen molar-refractivity contribution in [2.75, 3.05) is 0 Å². The van der Waals surface area contributed by atoms with Crippen LogP contribution in [-0.2, 0) is 11.3 Å². The Hall–Kier alpha value is -1.06. The monoisotopic (exact) mass is 255 g/mol. The summed E-state index contributed by atoms with van der Waals surface area (Å²) in [6.07, 6.45) is 0.629. The highest BCUT2D eigenvalue weighted by molar-refractivity contribution is 6.30. The van der Waals surface area contributed by atoms with Crippen LogP contribution in [0.5, 0.6) is 0 Å². The van der Waals surface area contributed by atoms with E-state index in [4.69, 9.17) is 16.7 Å². The van der Waals surface area contributed by atoms with Crippen molar-refractivity contribution in [2.24, 2.45) is 5.92 Å². The van der Waals surface area contributed by atoms with Gasteiger partial charge in [0, 0.05) is 17.6 Å². The van der Waals surface area contributed by atoms with Crippen molar-refractivity contribution in [3.05, 3.63) is 34.9 Å². The normalized spacial score (nSPS) is 14.3. The quantitative estimate of drug-likeness (QED) is 0.822. The molecule has 0 fully saturated rings. The first kappa shape index (κ1) is 14.0. The summed E-state index contributed by atoms with van der Waals surface area (Å²) >= 11 is 5.79. The molecule has 0 aliphatic heterocycles. The van der Waals surface area contributed by atoms with Crippen LogP contribution in [0.25, 0.3) is 0 Å². The van der Waals surface area contributed by atoms with Crippen molar-refractivity contribution in [1.82, 2.24) is 5.32 Å². The fraction of sp³-hybridized carbons (Fsp3) is 0.462. The molecular formula is C13H18ClNO2. The molecule has 0 aromatic heterocycles. The van der Waals surface area contributed by atoms with Gasteiger partial charge in [-0.25, -0.2) is 0 Å². The van der Waals surface area contributed by atoms with Gasteiger partial charge in [0.05, 0.1) is 5.92 Å². The lowest BCUT2D eigenvalue weighted by Gasteiger charge is -2.20. The predicted octanol–water partition coefficient (Wildman–Crippen LogP) is 2.93. The first-order valence-electron chi connectivity index (χ1n) is 5.75. The van der Waals surface area contributed by atoms with Gasteiger partial charge in [-0.3, -0.25) is 4.79 Å². The van der Waals surface area contributed by atoms with Crippen molar-refractivity contribution >= 4 is 17.6 Å². The van der Waals surface area contributed by atoms with E-state index in [1.807, 2.05) is 38.1 Å². The number of carboxylic acids is 1. The molecule has 2 atom stereocenters. The summed E-state index contributed by atoms with van der Waals surface area (Å²) in [7, 11) is 0. The lowest BCUT2D eigenvalue weighted by Crippen LogP contribution is -2.37. The third-order valence-corrected chi connectivity index (χ3v) is 3.15. The molecular weight excluding hydrogens is 238 g/mol. The number of hydrogen-bond donors (Lipinski definition) is 2. The number of nitrogens with one attached hydrogen (secondary N) is 1. The number of hydrogen-bond acceptors (Lipinski definition) is 2. The number of halogens is 1. The Labute approximate surface area is 107 Å². The van der Waals surface area contributed by atoms with E-state index in [0.29, 0.717) is 18.0 Å². The number of carboxylic acid groups (broad SMARTS) is 1. The van der Waals surface area contributed by atoms with Crippen LogP contribution in [0.4, 0.5) is 0 Å². The highest BCUT2D eigenvalue weighted by Crippen LogP contribution is 2.12. The first-order chi connectivity index (χ1) is 8.04. The Morgan fingerprint density at radius 1 is 1.41 bits per heavy atom. The summed E-state index contributed by atoms with van der Waals surface area (Å²) < 4.78 is 0. The SMILES string of the molecule is CCC(C(=O)O)C(C)NCc1ccc(Cl)cc1. The van der Waals surface area contributed by atoms with E-state index in [1.165, 1.54) is 0 Å². The van der Waals surface area contributed by atoms with Gasteiger partial charge in [0.25, 0.3) is 0 Å². The topological polar surface area (TPSA) is 49.3 Å². The maximum atomic E-state index is 11.0. The van der Waals surface area contributed by atoms with Crippen molar-refractivity contribution in [2.45, 2.75) is 32.9 Å². The van der Waals surface area contributed by atoms with Crippen molar-refractivity contribution < 1.29 is 9.90 Å². The highest BCUT2D eigenvalue weighted by Gasteiger charge is 2.21. The second kappa shape index (κ2) is 6.62. The third kappa shape index (κ3) is 4.36. The maximum absolute atomic E-state index is 11.0. The molecule has 0 saturated carbocycles. The van der Waals surface area contributed by atoms with E-state index in [9.17, 15) is 4.79 Å². The van der Waals surface area contributed by atoms with Crippen molar-refractivity contribution in [1.29, 1.82) is 0 Å². The van der Waals surface area contributed by atoms with E-state index in [-0.39, 0.29) is 12.0 Å². The largest absolute Gasteiger partial charge is 0.481 e. The van der Waals surface area contributed by atoms with E-state index in [2.05, 4.69) is 5.32 Å². The molecule has 2 unspecified atom stereocenters. The van der Waals surface area contributed by atoms with E-state index < -0.39 is 5.97 Å². The van der Waals surface area contributed by atoms with Crippen LogP contribution in [-0.4, -0.2) is 17.1 Å². The minimum absolute atomic E-state index is 0.0480. The summed E-state index contributed by atoms with van der Waals surface area (Å²) in [5.74, 6) is -1.09. The first-order valence-corrected chi connectivity index (χ1v) is 6.13. The average molecular weight is 256 g/mol. The van der Waals surface area contributed by atoms with Crippen LogP contribution in [0.2, 0.25) is 5.02 Å². The zero-order valence-corrected chi connectivity index (χ0v) is 10.9. The van der Waals surface area contributed by atoms with E-state index in [1.54, 1.807) is 0 Å². The number of benzene rings is 1. The van der Waals surface area contributed by atoms with Crippen LogP contribution in [0.3, 0.4) is 0 Å². The average Bonchev–Trinajstić information content (AvgIpc) is 2.28. The molecule has 0 radical (unpaired) electrons. The number of rotatable bonds is 6. The number of aliphatic carboxylic acids is 1. The van der Waals surface area contributed by atoms with Crippen molar-refractivity contribution in [3.8, 4) is 0 Å². The van der Waals surface area contributed by atoms with E-state index >= 15 is 0 Å². The summed E-state index contributed by atoms with van der Waals surface area (Å²) in [5.41, 5.74) is 1.10. The Balaban J connectivity index is 2.49. The van der Waals surface area contributed by atoms with Crippen LogP contribution in [0.15, 0.2) is 24.3 Å². The van der Waals surface area contributed by atoms with Gasteiger partial charge in [0.1, 0.15) is 0 Å². The van der Waals surface area contributed by atoms with Gasteiger partial charge in [0.15, 0.2) is 0 Å². The van der Waals surface area contributed by atoms with Gasteiger partial charge in [-0.05, 0) is 31.0 Å². The predicted molar refractivity (Wildman–Crippen MR) is 69.2 cm³/mol. The molecule has 3 nitrogen and oxygen atoms in total. The molecule has 1 aromatic carbocycles. The standard InChI is InChI=1S/C13H18ClNO2/c1-3-12(13(16)17)9(2)15-8-10-4-6-11(14)7-5-10/h4-7,9,12,15H,3,8H2,1-2H3,(H,16,17). The van der Waals surface area contributed by atoms with Crippen molar-refractivity contribution in [3.63, 3.8) is 0 Å². The zero-order valence-electron chi connectivity index (χ0n) is 10.1. The number of carbonyl (C=O) groups is 1. The molecule has 0 heterocycles. The second-order valence-electron chi connectivity index (χ2n) is 4.15. The lowest BCUT2D eigenvalue weighted by molar-refractivity contribution is -0.142. The Morgan fingerprint density at radius 3 is 2.47 bits per heavy atom. The molecule has 0 aliphatic carbocycles. The minimum atomic E-state index is -0.747. The van der Waals surface area contributed by atoms with Crippen LogP contribution >= 0.6 is 11.6 Å². The molecule has 1 rings (SSSR count). The molecule has 0 saturated heterocycles. The maximum Gasteiger partial charge on any atom is 0.308 e. The Morgan fingerprint density at radius 2 is 2.00 bits per heavy atom. The van der Waals surface area contributed by atoms with Crippen LogP contribution in [0, 0.1) is 5.92 Å². The van der Waals surface area contributed by atoms with Crippen LogP contribution < -0.4 is 5.32 Å². The van der Waals surface area contributed by atoms with Gasteiger partial charge >= 0.3 is 5.97 Å². The van der Waals surface area contributed by atoms with E-state index in [0.717, 1.165) is 5.56 Å². The smallest absolute Gasteiger partial charge is 0.308 e. The van der Waals surface area contributed by atoms with Gasteiger partial charge in [-0.1, -0.05) is 30.7 Å². The van der Waals surface area contributed by atoms with Gasteiger partial charge in [0.2, 0.25) is 0 Å². The summed E-state index contributed by atoms with van der Waals surface area (Å²) in [6.45, 7) is 4.44. The summed E-state index contributed by atoms with van der Waals surface area (Å²) in [4.78, 5) is 11.0. The van der Waals surface area contributed by atoms with Gasteiger partial charge < -0.3 is 10.4 Å². The molecule has 1 aromatic rings.